The molecular weight excluding hydrogens is 288 g/mol. The monoisotopic (exact) mass is 304 g/mol. The number of hydrogen-bond donors (Lipinski definition) is 1. The van der Waals surface area contributed by atoms with E-state index in [1.807, 2.05) is 19.2 Å². The summed E-state index contributed by atoms with van der Waals surface area (Å²) in [5, 5.41) is 3.43. The predicted octanol–water partition coefficient (Wildman–Crippen LogP) is 4.38. The minimum Gasteiger partial charge on any atom is -0.381 e. The fraction of sp³-hybridized carbons (Fsp3) is 0.267. The quantitative estimate of drug-likeness (QED) is 0.910. The number of benzene rings is 1. The van der Waals surface area contributed by atoms with Crippen LogP contribution in [-0.2, 0) is 6.54 Å². The summed E-state index contributed by atoms with van der Waals surface area (Å²) < 4.78 is 1.19. The van der Waals surface area contributed by atoms with E-state index in [0.717, 1.165) is 17.9 Å². The number of aromatic nitrogens is 1. The second kappa shape index (κ2) is 5.53. The van der Waals surface area contributed by atoms with Crippen LogP contribution in [0.2, 0.25) is 0 Å². The Morgan fingerprint density at radius 3 is 2.33 bits per heavy atom. The van der Waals surface area contributed by atoms with Crippen molar-refractivity contribution in [2.24, 2.45) is 0 Å². The Kier molecular flexibility index (Phi) is 4.02. The molecule has 0 amide bonds. The Hall–Kier alpha value is -1.35. The molecule has 0 bridgehead atoms. The van der Waals surface area contributed by atoms with Gasteiger partial charge >= 0.3 is 0 Å². The van der Waals surface area contributed by atoms with Gasteiger partial charge in [0.25, 0.3) is 0 Å². The van der Waals surface area contributed by atoms with Crippen LogP contribution in [0.25, 0.3) is 0 Å². The third-order valence-electron chi connectivity index (χ3n) is 2.91. The molecule has 1 aromatic heterocycles. The van der Waals surface area contributed by atoms with E-state index in [1.165, 1.54) is 21.2 Å². The van der Waals surface area contributed by atoms with Crippen molar-refractivity contribution in [3.8, 4) is 0 Å². The lowest BCUT2D eigenvalue weighted by atomic mass is 10.1. The SMILES string of the molecule is Cc1ccc(CNc2cc(C)c(Br)c(C)c2)cn1. The molecule has 1 aromatic carbocycles. The molecule has 0 aliphatic carbocycles. The maximum Gasteiger partial charge on any atom is 0.0416 e. The zero-order valence-corrected chi connectivity index (χ0v) is 12.5. The average molecular weight is 305 g/mol. The molecule has 0 saturated heterocycles. The maximum absolute atomic E-state index is 4.29. The van der Waals surface area contributed by atoms with Crippen molar-refractivity contribution in [1.82, 2.24) is 4.98 Å². The second-order valence-corrected chi connectivity index (χ2v) is 5.38. The van der Waals surface area contributed by atoms with E-state index in [4.69, 9.17) is 0 Å². The molecule has 0 fully saturated rings. The van der Waals surface area contributed by atoms with Gasteiger partial charge in [-0.25, -0.2) is 0 Å². The third-order valence-corrected chi connectivity index (χ3v) is 4.16. The molecule has 1 heterocycles. The number of pyridine rings is 1. The van der Waals surface area contributed by atoms with Crippen LogP contribution in [0.3, 0.4) is 0 Å². The highest BCUT2D eigenvalue weighted by atomic mass is 79.9. The van der Waals surface area contributed by atoms with Crippen molar-refractivity contribution in [2.45, 2.75) is 27.3 Å². The Balaban J connectivity index is 2.08. The van der Waals surface area contributed by atoms with Crippen molar-refractivity contribution in [3.63, 3.8) is 0 Å². The summed E-state index contributed by atoms with van der Waals surface area (Å²) in [7, 11) is 0. The van der Waals surface area contributed by atoms with Gasteiger partial charge in [-0.15, -0.1) is 0 Å². The molecule has 0 spiro atoms. The lowest BCUT2D eigenvalue weighted by Gasteiger charge is -2.10. The normalized spacial score (nSPS) is 10.4. The van der Waals surface area contributed by atoms with E-state index in [9.17, 15) is 0 Å². The Labute approximate surface area is 117 Å². The summed E-state index contributed by atoms with van der Waals surface area (Å²) in [4.78, 5) is 4.29. The second-order valence-electron chi connectivity index (χ2n) is 4.59. The van der Waals surface area contributed by atoms with Gasteiger partial charge in [0.2, 0.25) is 0 Å². The number of halogens is 1. The largest absolute Gasteiger partial charge is 0.381 e. The number of anilines is 1. The van der Waals surface area contributed by atoms with Crippen molar-refractivity contribution < 1.29 is 0 Å². The first-order chi connectivity index (χ1) is 8.56. The molecule has 1 N–H and O–H groups in total. The number of aryl methyl sites for hydroxylation is 3. The Morgan fingerprint density at radius 1 is 1.11 bits per heavy atom. The molecule has 18 heavy (non-hydrogen) atoms. The van der Waals surface area contributed by atoms with Gasteiger partial charge in [0.05, 0.1) is 0 Å². The van der Waals surface area contributed by atoms with Gasteiger partial charge in [0, 0.05) is 28.6 Å². The number of rotatable bonds is 3. The fourth-order valence-corrected chi connectivity index (χ4v) is 2.08. The number of nitrogens with zero attached hydrogens (tertiary/aromatic N) is 1. The summed E-state index contributed by atoms with van der Waals surface area (Å²) >= 11 is 3.58. The smallest absolute Gasteiger partial charge is 0.0416 e. The van der Waals surface area contributed by atoms with Gasteiger partial charge < -0.3 is 5.32 Å². The van der Waals surface area contributed by atoms with Crippen LogP contribution in [-0.4, -0.2) is 4.98 Å². The summed E-state index contributed by atoms with van der Waals surface area (Å²) in [5.74, 6) is 0. The van der Waals surface area contributed by atoms with E-state index in [-0.39, 0.29) is 0 Å². The lowest BCUT2D eigenvalue weighted by Crippen LogP contribution is -2.01. The highest BCUT2D eigenvalue weighted by Gasteiger charge is 2.02. The summed E-state index contributed by atoms with van der Waals surface area (Å²) in [6, 6.07) is 8.44. The van der Waals surface area contributed by atoms with Gasteiger partial charge in [0.1, 0.15) is 0 Å². The molecule has 0 saturated carbocycles. The zero-order chi connectivity index (χ0) is 13.1. The van der Waals surface area contributed by atoms with Crippen LogP contribution in [0, 0.1) is 20.8 Å². The standard InChI is InChI=1S/C15H17BrN2/c1-10-6-14(7-11(2)15(10)16)18-9-13-5-4-12(3)17-8-13/h4-8,18H,9H2,1-3H3. The van der Waals surface area contributed by atoms with Gasteiger partial charge in [0.15, 0.2) is 0 Å². The van der Waals surface area contributed by atoms with Crippen molar-refractivity contribution >= 4 is 21.6 Å². The summed E-state index contributed by atoms with van der Waals surface area (Å²) in [6.07, 6.45) is 1.92. The maximum atomic E-state index is 4.29. The van der Waals surface area contributed by atoms with Gasteiger partial charge in [-0.05, 0) is 55.7 Å². The molecule has 2 rings (SSSR count). The fourth-order valence-electron chi connectivity index (χ4n) is 1.86. The average Bonchev–Trinajstić information content (AvgIpc) is 2.35. The molecular formula is C15H17BrN2. The first-order valence-electron chi connectivity index (χ1n) is 5.98. The summed E-state index contributed by atoms with van der Waals surface area (Å²) in [6.45, 7) is 7.01. The number of hydrogen-bond acceptors (Lipinski definition) is 2. The molecule has 2 nitrogen and oxygen atoms in total. The Morgan fingerprint density at radius 2 is 1.78 bits per heavy atom. The van der Waals surface area contributed by atoms with Gasteiger partial charge in [-0.1, -0.05) is 22.0 Å². The molecule has 0 aliphatic rings. The molecule has 0 atom stereocenters. The first kappa shape index (κ1) is 13.1. The van der Waals surface area contributed by atoms with Gasteiger partial charge in [-0.2, -0.15) is 0 Å². The van der Waals surface area contributed by atoms with Crippen LogP contribution in [0.1, 0.15) is 22.4 Å². The molecule has 2 aromatic rings. The third kappa shape index (κ3) is 3.10. The van der Waals surface area contributed by atoms with Crippen molar-refractivity contribution in [2.75, 3.05) is 5.32 Å². The highest BCUT2D eigenvalue weighted by molar-refractivity contribution is 9.10. The Bertz CT molecular complexity index is 524. The van der Waals surface area contributed by atoms with E-state index in [1.54, 1.807) is 0 Å². The molecule has 0 radical (unpaired) electrons. The minimum absolute atomic E-state index is 0.799. The van der Waals surface area contributed by atoms with E-state index in [0.29, 0.717) is 0 Å². The lowest BCUT2D eigenvalue weighted by molar-refractivity contribution is 1.08. The van der Waals surface area contributed by atoms with Crippen molar-refractivity contribution in [1.29, 1.82) is 0 Å². The highest BCUT2D eigenvalue weighted by Crippen LogP contribution is 2.25. The molecule has 0 unspecified atom stereocenters. The topological polar surface area (TPSA) is 24.9 Å². The van der Waals surface area contributed by atoms with E-state index < -0.39 is 0 Å². The van der Waals surface area contributed by atoms with Crippen LogP contribution in [0.4, 0.5) is 5.69 Å². The molecule has 3 heteroatoms. The van der Waals surface area contributed by atoms with Crippen LogP contribution >= 0.6 is 15.9 Å². The minimum atomic E-state index is 0.799. The van der Waals surface area contributed by atoms with Gasteiger partial charge in [-0.3, -0.25) is 4.98 Å². The zero-order valence-electron chi connectivity index (χ0n) is 10.9. The molecule has 0 aliphatic heterocycles. The number of nitrogens with one attached hydrogen (secondary N) is 1. The van der Waals surface area contributed by atoms with Crippen LogP contribution in [0.5, 0.6) is 0 Å². The van der Waals surface area contributed by atoms with E-state index >= 15 is 0 Å². The predicted molar refractivity (Wildman–Crippen MR) is 79.9 cm³/mol. The van der Waals surface area contributed by atoms with E-state index in [2.05, 4.69) is 58.3 Å². The first-order valence-corrected chi connectivity index (χ1v) is 6.77. The van der Waals surface area contributed by atoms with Crippen LogP contribution < -0.4 is 5.32 Å². The van der Waals surface area contributed by atoms with Crippen molar-refractivity contribution in [3.05, 3.63) is 57.3 Å². The summed E-state index contributed by atoms with van der Waals surface area (Å²) in [5.41, 5.74) is 5.89. The molecule has 94 valence electrons. The van der Waals surface area contributed by atoms with Crippen LogP contribution in [0.15, 0.2) is 34.9 Å².